The highest BCUT2D eigenvalue weighted by molar-refractivity contribution is 5.65. The third-order valence-corrected chi connectivity index (χ3v) is 3.02. The summed E-state index contributed by atoms with van der Waals surface area (Å²) in [5.41, 5.74) is 1.85. The molecule has 0 aliphatic carbocycles. The fourth-order valence-electron chi connectivity index (χ4n) is 1.98. The van der Waals surface area contributed by atoms with Crippen LogP contribution in [-0.2, 0) is 6.18 Å². The molecule has 6 heteroatoms. The number of hydrogen-bond donors (Lipinski definition) is 1. The molecule has 0 aliphatic rings. The first kappa shape index (κ1) is 15.3. The van der Waals surface area contributed by atoms with Gasteiger partial charge in [0.15, 0.2) is 5.69 Å². The van der Waals surface area contributed by atoms with Gasteiger partial charge < -0.3 is 5.32 Å². The molecule has 0 saturated heterocycles. The van der Waals surface area contributed by atoms with Crippen LogP contribution in [0.2, 0.25) is 0 Å². The largest absolute Gasteiger partial charge is 0.433 e. The standard InChI is InChI=1S/C15H16F3N3/c1-4-19-14-20-12(8-13(21-14)15(16,17)18)11-7-9(2)5-6-10(11)3/h5-8H,4H2,1-3H3,(H,19,20,21). The van der Waals surface area contributed by atoms with Crippen molar-refractivity contribution in [2.75, 3.05) is 11.9 Å². The van der Waals surface area contributed by atoms with Crippen molar-refractivity contribution in [2.45, 2.75) is 26.9 Å². The highest BCUT2D eigenvalue weighted by atomic mass is 19.4. The van der Waals surface area contributed by atoms with Gasteiger partial charge in [-0.05, 0) is 38.5 Å². The molecule has 0 unspecified atom stereocenters. The monoisotopic (exact) mass is 295 g/mol. The number of benzene rings is 1. The van der Waals surface area contributed by atoms with Crippen LogP contribution in [0.25, 0.3) is 11.3 Å². The van der Waals surface area contributed by atoms with E-state index in [-0.39, 0.29) is 11.6 Å². The number of nitrogens with zero attached hydrogens (tertiary/aromatic N) is 2. The summed E-state index contributed by atoms with van der Waals surface area (Å²) in [5, 5.41) is 2.74. The Morgan fingerprint density at radius 1 is 1.10 bits per heavy atom. The third-order valence-electron chi connectivity index (χ3n) is 3.02. The van der Waals surface area contributed by atoms with Gasteiger partial charge in [0.1, 0.15) is 0 Å². The summed E-state index contributed by atoms with van der Waals surface area (Å²) >= 11 is 0. The fourth-order valence-corrected chi connectivity index (χ4v) is 1.98. The molecule has 0 radical (unpaired) electrons. The van der Waals surface area contributed by atoms with E-state index in [9.17, 15) is 13.2 Å². The number of hydrogen-bond acceptors (Lipinski definition) is 3. The van der Waals surface area contributed by atoms with Crippen LogP contribution >= 0.6 is 0 Å². The van der Waals surface area contributed by atoms with Crippen LogP contribution in [0.5, 0.6) is 0 Å². The minimum Gasteiger partial charge on any atom is -0.354 e. The number of aryl methyl sites for hydroxylation is 2. The van der Waals surface area contributed by atoms with Crippen LogP contribution < -0.4 is 5.32 Å². The summed E-state index contributed by atoms with van der Waals surface area (Å²) in [6.45, 7) is 5.96. The molecule has 2 aromatic rings. The van der Waals surface area contributed by atoms with Crippen molar-refractivity contribution in [3.8, 4) is 11.3 Å². The number of halogens is 3. The van der Waals surface area contributed by atoms with E-state index in [1.165, 1.54) is 0 Å². The molecule has 1 N–H and O–H groups in total. The molecule has 0 spiro atoms. The quantitative estimate of drug-likeness (QED) is 0.921. The second-order valence-corrected chi connectivity index (χ2v) is 4.81. The predicted molar refractivity (Wildman–Crippen MR) is 76.1 cm³/mol. The molecule has 21 heavy (non-hydrogen) atoms. The van der Waals surface area contributed by atoms with Crippen molar-refractivity contribution < 1.29 is 13.2 Å². The summed E-state index contributed by atoms with van der Waals surface area (Å²) < 4.78 is 38.9. The summed E-state index contributed by atoms with van der Waals surface area (Å²) in [6.07, 6.45) is -4.50. The lowest BCUT2D eigenvalue weighted by atomic mass is 10.0. The van der Waals surface area contributed by atoms with Gasteiger partial charge in [0.25, 0.3) is 0 Å². The van der Waals surface area contributed by atoms with Crippen LogP contribution in [0.15, 0.2) is 24.3 Å². The van der Waals surface area contributed by atoms with E-state index in [4.69, 9.17) is 0 Å². The average Bonchev–Trinajstić information content (AvgIpc) is 2.40. The Labute approximate surface area is 121 Å². The van der Waals surface area contributed by atoms with Gasteiger partial charge in [0, 0.05) is 12.1 Å². The Kier molecular flexibility index (Phi) is 4.16. The Morgan fingerprint density at radius 3 is 2.43 bits per heavy atom. The lowest BCUT2D eigenvalue weighted by molar-refractivity contribution is -0.141. The Bertz CT molecular complexity index is 651. The first-order valence-corrected chi connectivity index (χ1v) is 6.59. The van der Waals surface area contributed by atoms with Crippen LogP contribution in [0.4, 0.5) is 19.1 Å². The van der Waals surface area contributed by atoms with Crippen molar-refractivity contribution in [1.82, 2.24) is 9.97 Å². The Balaban J connectivity index is 2.62. The van der Waals surface area contributed by atoms with Crippen LogP contribution in [0, 0.1) is 13.8 Å². The van der Waals surface area contributed by atoms with E-state index < -0.39 is 11.9 Å². The van der Waals surface area contributed by atoms with Crippen molar-refractivity contribution in [1.29, 1.82) is 0 Å². The lowest BCUT2D eigenvalue weighted by Crippen LogP contribution is -2.12. The van der Waals surface area contributed by atoms with Crippen molar-refractivity contribution in [2.24, 2.45) is 0 Å². The van der Waals surface area contributed by atoms with E-state index in [2.05, 4.69) is 15.3 Å². The molecular weight excluding hydrogens is 279 g/mol. The maximum Gasteiger partial charge on any atom is 0.433 e. The van der Waals surface area contributed by atoms with Gasteiger partial charge in [0.05, 0.1) is 5.69 Å². The van der Waals surface area contributed by atoms with Gasteiger partial charge in [-0.25, -0.2) is 9.97 Å². The number of rotatable bonds is 3. The van der Waals surface area contributed by atoms with E-state index in [0.717, 1.165) is 17.2 Å². The third kappa shape index (κ3) is 3.51. The SMILES string of the molecule is CCNc1nc(-c2cc(C)ccc2C)cc(C(F)(F)F)n1. The molecule has 0 saturated carbocycles. The van der Waals surface area contributed by atoms with Gasteiger partial charge in [-0.2, -0.15) is 13.2 Å². The van der Waals surface area contributed by atoms with Gasteiger partial charge in [-0.3, -0.25) is 0 Å². The van der Waals surface area contributed by atoms with E-state index in [1.54, 1.807) is 6.92 Å². The molecule has 0 aliphatic heterocycles. The number of aromatic nitrogens is 2. The Hall–Kier alpha value is -2.11. The van der Waals surface area contributed by atoms with Crippen molar-refractivity contribution in [3.63, 3.8) is 0 Å². The summed E-state index contributed by atoms with van der Waals surface area (Å²) in [4.78, 5) is 7.71. The van der Waals surface area contributed by atoms with Crippen molar-refractivity contribution >= 4 is 5.95 Å². The smallest absolute Gasteiger partial charge is 0.354 e. The van der Waals surface area contributed by atoms with Gasteiger partial charge in [-0.1, -0.05) is 17.7 Å². The van der Waals surface area contributed by atoms with Crippen molar-refractivity contribution in [3.05, 3.63) is 41.1 Å². The molecule has 0 atom stereocenters. The topological polar surface area (TPSA) is 37.8 Å². The second-order valence-electron chi connectivity index (χ2n) is 4.81. The molecular formula is C15H16F3N3. The number of alkyl halides is 3. The highest BCUT2D eigenvalue weighted by Gasteiger charge is 2.33. The normalized spacial score (nSPS) is 11.5. The molecule has 2 rings (SSSR count). The molecule has 0 amide bonds. The van der Waals surface area contributed by atoms with Gasteiger partial charge >= 0.3 is 6.18 Å². The molecule has 0 fully saturated rings. The molecule has 3 nitrogen and oxygen atoms in total. The molecule has 1 aromatic heterocycles. The number of anilines is 1. The number of nitrogens with one attached hydrogen (secondary N) is 1. The van der Waals surface area contributed by atoms with Gasteiger partial charge in [-0.15, -0.1) is 0 Å². The second kappa shape index (κ2) is 5.71. The summed E-state index contributed by atoms with van der Waals surface area (Å²) in [7, 11) is 0. The zero-order valence-electron chi connectivity index (χ0n) is 12.0. The zero-order chi connectivity index (χ0) is 15.6. The first-order valence-electron chi connectivity index (χ1n) is 6.59. The van der Waals surface area contributed by atoms with Crippen LogP contribution in [0.3, 0.4) is 0 Å². The van der Waals surface area contributed by atoms with Crippen LogP contribution in [-0.4, -0.2) is 16.5 Å². The molecule has 1 heterocycles. The van der Waals surface area contributed by atoms with E-state index >= 15 is 0 Å². The minimum absolute atomic E-state index is 0.0109. The van der Waals surface area contributed by atoms with Crippen LogP contribution in [0.1, 0.15) is 23.7 Å². The average molecular weight is 295 g/mol. The molecule has 112 valence electrons. The maximum atomic E-state index is 13.0. The first-order chi connectivity index (χ1) is 9.81. The summed E-state index contributed by atoms with van der Waals surface area (Å²) in [5.74, 6) is -0.0109. The summed E-state index contributed by atoms with van der Waals surface area (Å²) in [6, 6.07) is 6.60. The Morgan fingerprint density at radius 2 is 1.81 bits per heavy atom. The maximum absolute atomic E-state index is 13.0. The van der Waals surface area contributed by atoms with Gasteiger partial charge in [0.2, 0.25) is 5.95 Å². The lowest BCUT2D eigenvalue weighted by Gasteiger charge is -2.12. The molecule has 0 bridgehead atoms. The van der Waals surface area contributed by atoms with E-state index in [0.29, 0.717) is 12.1 Å². The minimum atomic E-state index is -4.50. The van der Waals surface area contributed by atoms with E-state index in [1.807, 2.05) is 32.0 Å². The molecule has 1 aromatic carbocycles. The fraction of sp³-hybridized carbons (Fsp3) is 0.333. The zero-order valence-corrected chi connectivity index (χ0v) is 12.0. The predicted octanol–water partition coefficient (Wildman–Crippen LogP) is 4.21. The highest BCUT2D eigenvalue weighted by Crippen LogP contribution is 2.32.